The molecular weight excluding hydrogens is 200 g/mol. The third-order valence-electron chi connectivity index (χ3n) is 3.98. The van der Waals surface area contributed by atoms with Gasteiger partial charge >= 0.3 is 0 Å². The number of ether oxygens (including phenoxy) is 1. The van der Waals surface area contributed by atoms with E-state index in [0.29, 0.717) is 17.6 Å². The average molecular weight is 226 g/mol. The van der Waals surface area contributed by atoms with E-state index in [1.54, 1.807) is 0 Å². The summed E-state index contributed by atoms with van der Waals surface area (Å²) in [6, 6.07) is 0. The molecule has 0 radical (unpaired) electrons. The minimum atomic E-state index is -0.155. The van der Waals surface area contributed by atoms with E-state index in [9.17, 15) is 4.79 Å². The summed E-state index contributed by atoms with van der Waals surface area (Å²) in [6.45, 7) is 11.6. The van der Waals surface area contributed by atoms with Gasteiger partial charge in [0.25, 0.3) is 0 Å². The minimum absolute atomic E-state index is 0.155. The molecule has 0 spiro atoms. The molecule has 0 aliphatic heterocycles. The number of ketones is 1. The summed E-state index contributed by atoms with van der Waals surface area (Å²) in [7, 11) is 0. The van der Waals surface area contributed by atoms with Crippen molar-refractivity contribution in [2.75, 3.05) is 6.61 Å². The van der Waals surface area contributed by atoms with Gasteiger partial charge in [0.05, 0.1) is 11.5 Å². The largest absolute Gasteiger partial charge is 0.377 e. The van der Waals surface area contributed by atoms with Crippen LogP contribution in [0.1, 0.15) is 60.3 Å². The van der Waals surface area contributed by atoms with Crippen molar-refractivity contribution in [1.29, 1.82) is 0 Å². The smallest absolute Gasteiger partial charge is 0.144 e. The van der Waals surface area contributed by atoms with E-state index in [0.717, 1.165) is 25.9 Å². The van der Waals surface area contributed by atoms with Gasteiger partial charge in [-0.2, -0.15) is 0 Å². The van der Waals surface area contributed by atoms with E-state index in [4.69, 9.17) is 4.74 Å². The van der Waals surface area contributed by atoms with E-state index in [-0.39, 0.29) is 11.5 Å². The lowest BCUT2D eigenvalue weighted by atomic mass is 9.61. The number of Topliss-reactive ketones (excluding diaryl/α,β-unsaturated/α-hetero) is 1. The molecule has 1 fully saturated rings. The first kappa shape index (κ1) is 13.7. The van der Waals surface area contributed by atoms with E-state index in [2.05, 4.69) is 34.6 Å². The zero-order valence-corrected chi connectivity index (χ0v) is 11.4. The quantitative estimate of drug-likeness (QED) is 0.716. The van der Waals surface area contributed by atoms with Crippen LogP contribution in [0.4, 0.5) is 0 Å². The Hall–Kier alpha value is -0.370. The van der Waals surface area contributed by atoms with E-state index >= 15 is 0 Å². The zero-order chi connectivity index (χ0) is 12.4. The number of rotatable bonds is 5. The SMILES string of the molecule is CCC1(CC)C(=O)CC1OCCC(C)(C)C. The van der Waals surface area contributed by atoms with E-state index in [1.807, 2.05) is 0 Å². The predicted molar refractivity (Wildman–Crippen MR) is 66.5 cm³/mol. The van der Waals surface area contributed by atoms with Gasteiger partial charge in [0.15, 0.2) is 0 Å². The molecule has 0 aromatic heterocycles. The lowest BCUT2D eigenvalue weighted by Gasteiger charge is -2.46. The molecule has 1 unspecified atom stereocenters. The lowest BCUT2D eigenvalue weighted by molar-refractivity contribution is -0.165. The monoisotopic (exact) mass is 226 g/mol. The van der Waals surface area contributed by atoms with Gasteiger partial charge in [-0.3, -0.25) is 4.79 Å². The van der Waals surface area contributed by atoms with Gasteiger partial charge < -0.3 is 4.74 Å². The van der Waals surface area contributed by atoms with Crippen molar-refractivity contribution in [3.8, 4) is 0 Å². The molecule has 0 aromatic carbocycles. The summed E-state index contributed by atoms with van der Waals surface area (Å²) in [5.74, 6) is 0.401. The second-order valence-corrected chi connectivity index (χ2v) is 6.16. The Morgan fingerprint density at radius 1 is 1.31 bits per heavy atom. The molecule has 1 rings (SSSR count). The molecule has 94 valence electrons. The fourth-order valence-corrected chi connectivity index (χ4v) is 2.44. The van der Waals surface area contributed by atoms with Crippen molar-refractivity contribution in [2.24, 2.45) is 10.8 Å². The summed E-state index contributed by atoms with van der Waals surface area (Å²) < 4.78 is 5.90. The molecule has 0 aromatic rings. The number of hydrogen-bond acceptors (Lipinski definition) is 2. The molecular formula is C14H26O2. The van der Waals surface area contributed by atoms with Crippen LogP contribution in [0.2, 0.25) is 0 Å². The van der Waals surface area contributed by atoms with Crippen LogP contribution in [-0.4, -0.2) is 18.5 Å². The maximum Gasteiger partial charge on any atom is 0.144 e. The van der Waals surface area contributed by atoms with Crippen LogP contribution in [0.5, 0.6) is 0 Å². The summed E-state index contributed by atoms with van der Waals surface area (Å²) in [5.41, 5.74) is 0.159. The van der Waals surface area contributed by atoms with Crippen LogP contribution in [0, 0.1) is 10.8 Å². The Morgan fingerprint density at radius 2 is 1.88 bits per heavy atom. The third-order valence-corrected chi connectivity index (χ3v) is 3.98. The van der Waals surface area contributed by atoms with Crippen LogP contribution in [0.3, 0.4) is 0 Å². The minimum Gasteiger partial charge on any atom is -0.377 e. The van der Waals surface area contributed by atoms with Crippen molar-refractivity contribution in [2.45, 2.75) is 66.4 Å². The van der Waals surface area contributed by atoms with Gasteiger partial charge in [-0.15, -0.1) is 0 Å². The number of hydrogen-bond donors (Lipinski definition) is 0. The highest BCUT2D eigenvalue weighted by molar-refractivity contribution is 5.92. The molecule has 0 N–H and O–H groups in total. The number of carbonyl (C=O) groups excluding carboxylic acids is 1. The lowest BCUT2D eigenvalue weighted by Crippen LogP contribution is -2.54. The maximum atomic E-state index is 11.7. The predicted octanol–water partition coefficient (Wildman–Crippen LogP) is 3.59. The molecule has 1 aliphatic rings. The van der Waals surface area contributed by atoms with E-state index < -0.39 is 0 Å². The first-order chi connectivity index (χ1) is 7.35. The van der Waals surface area contributed by atoms with Crippen molar-refractivity contribution in [1.82, 2.24) is 0 Å². The summed E-state index contributed by atoms with van der Waals surface area (Å²) in [5, 5.41) is 0. The van der Waals surface area contributed by atoms with Crippen LogP contribution >= 0.6 is 0 Å². The summed E-state index contributed by atoms with van der Waals surface area (Å²) in [4.78, 5) is 11.7. The van der Waals surface area contributed by atoms with Crippen molar-refractivity contribution >= 4 is 5.78 Å². The van der Waals surface area contributed by atoms with Crippen molar-refractivity contribution in [3.63, 3.8) is 0 Å². The van der Waals surface area contributed by atoms with Crippen LogP contribution in [0.25, 0.3) is 0 Å². The molecule has 0 heterocycles. The van der Waals surface area contributed by atoms with Gasteiger partial charge in [-0.1, -0.05) is 34.6 Å². The van der Waals surface area contributed by atoms with Gasteiger partial charge in [-0.05, 0) is 24.7 Å². The molecule has 2 nitrogen and oxygen atoms in total. The first-order valence-corrected chi connectivity index (χ1v) is 6.50. The molecule has 1 atom stereocenters. The Bertz CT molecular complexity index is 246. The van der Waals surface area contributed by atoms with Gasteiger partial charge in [0.2, 0.25) is 0 Å². The van der Waals surface area contributed by atoms with Crippen LogP contribution in [0.15, 0.2) is 0 Å². The Kier molecular flexibility index (Phi) is 4.17. The van der Waals surface area contributed by atoms with Crippen molar-refractivity contribution in [3.05, 3.63) is 0 Å². The molecule has 1 aliphatic carbocycles. The number of carbonyl (C=O) groups is 1. The summed E-state index contributed by atoms with van der Waals surface area (Å²) in [6.07, 6.45) is 3.70. The molecule has 0 saturated heterocycles. The summed E-state index contributed by atoms with van der Waals surface area (Å²) >= 11 is 0. The standard InChI is InChI=1S/C14H26O2/c1-6-14(7-2)11(15)10-12(14)16-9-8-13(3,4)5/h12H,6-10H2,1-5H3. The highest BCUT2D eigenvalue weighted by atomic mass is 16.5. The van der Waals surface area contributed by atoms with Crippen LogP contribution < -0.4 is 0 Å². The normalized spacial score (nSPS) is 24.3. The molecule has 0 bridgehead atoms. The average Bonchev–Trinajstić information content (AvgIpc) is 2.17. The van der Waals surface area contributed by atoms with Crippen LogP contribution in [-0.2, 0) is 9.53 Å². The molecule has 16 heavy (non-hydrogen) atoms. The van der Waals surface area contributed by atoms with Gasteiger partial charge in [0, 0.05) is 13.0 Å². The second-order valence-electron chi connectivity index (χ2n) is 6.16. The molecule has 1 saturated carbocycles. The van der Waals surface area contributed by atoms with E-state index in [1.165, 1.54) is 0 Å². The highest BCUT2D eigenvalue weighted by Crippen LogP contribution is 2.45. The molecule has 0 amide bonds. The fraction of sp³-hybridized carbons (Fsp3) is 0.929. The maximum absolute atomic E-state index is 11.7. The molecule has 2 heteroatoms. The Morgan fingerprint density at radius 3 is 2.25 bits per heavy atom. The second kappa shape index (κ2) is 4.87. The first-order valence-electron chi connectivity index (χ1n) is 6.50. The highest BCUT2D eigenvalue weighted by Gasteiger charge is 2.52. The van der Waals surface area contributed by atoms with Gasteiger partial charge in [-0.25, -0.2) is 0 Å². The van der Waals surface area contributed by atoms with Gasteiger partial charge in [0.1, 0.15) is 5.78 Å². The van der Waals surface area contributed by atoms with Crippen molar-refractivity contribution < 1.29 is 9.53 Å². The zero-order valence-electron chi connectivity index (χ0n) is 11.4. The Labute approximate surface area is 99.8 Å². The Balaban J connectivity index is 2.42. The third kappa shape index (κ3) is 2.65. The fourth-order valence-electron chi connectivity index (χ4n) is 2.44. The topological polar surface area (TPSA) is 26.3 Å².